The Morgan fingerprint density at radius 2 is 1.81 bits per heavy atom. The van der Waals surface area contributed by atoms with Crippen LogP contribution in [0.2, 0.25) is 0 Å². The highest BCUT2D eigenvalue weighted by atomic mass is 35.5. The second kappa shape index (κ2) is 12.0. The Hall–Kier alpha value is -0.630. The van der Waals surface area contributed by atoms with Crippen molar-refractivity contribution in [1.82, 2.24) is 20.1 Å². The molecule has 2 saturated heterocycles. The van der Waals surface area contributed by atoms with E-state index in [2.05, 4.69) is 15.2 Å². The van der Waals surface area contributed by atoms with E-state index in [9.17, 15) is 4.79 Å². The van der Waals surface area contributed by atoms with Gasteiger partial charge in [-0.1, -0.05) is 6.07 Å². The Morgan fingerprint density at radius 1 is 1.15 bits per heavy atom. The molecule has 2 aliphatic heterocycles. The van der Waals surface area contributed by atoms with Crippen molar-refractivity contribution in [2.45, 2.75) is 25.0 Å². The van der Waals surface area contributed by atoms with Gasteiger partial charge in [-0.05, 0) is 38.1 Å². The molecule has 2 aliphatic rings. The Bertz CT molecular complexity index is 522. The van der Waals surface area contributed by atoms with E-state index in [4.69, 9.17) is 4.74 Å². The summed E-state index contributed by atoms with van der Waals surface area (Å²) in [5, 5.41) is 3.30. The highest BCUT2D eigenvalue weighted by Gasteiger charge is 2.42. The molecule has 1 aromatic heterocycles. The number of piperidine rings is 1. The maximum atomic E-state index is 12.9. The summed E-state index contributed by atoms with van der Waals surface area (Å²) < 4.78 is 5.66. The van der Waals surface area contributed by atoms with Gasteiger partial charge in [0.15, 0.2) is 0 Å². The molecule has 0 radical (unpaired) electrons. The van der Waals surface area contributed by atoms with Crippen LogP contribution in [0.4, 0.5) is 0 Å². The normalized spacial score (nSPS) is 19.5. The van der Waals surface area contributed by atoms with E-state index in [0.29, 0.717) is 0 Å². The quantitative estimate of drug-likeness (QED) is 0.793. The van der Waals surface area contributed by atoms with E-state index in [1.54, 1.807) is 7.11 Å². The third kappa shape index (κ3) is 5.94. The van der Waals surface area contributed by atoms with Gasteiger partial charge in [-0.25, -0.2) is 0 Å². The lowest BCUT2D eigenvalue weighted by Gasteiger charge is -2.42. The Balaban J connectivity index is 0.00000208. The van der Waals surface area contributed by atoms with Crippen molar-refractivity contribution in [3.05, 3.63) is 30.1 Å². The van der Waals surface area contributed by atoms with Gasteiger partial charge in [0.2, 0.25) is 0 Å². The predicted octanol–water partition coefficient (Wildman–Crippen LogP) is 1.76. The first-order chi connectivity index (χ1) is 11.2. The number of hydrogen-bond donors (Lipinski definition) is 1. The highest BCUT2D eigenvalue weighted by molar-refractivity contribution is 5.86. The Morgan fingerprint density at radius 3 is 2.35 bits per heavy atom. The summed E-state index contributed by atoms with van der Waals surface area (Å²) in [5.41, 5.74) is 0.466. The first-order valence-corrected chi connectivity index (χ1v) is 8.41. The molecular weight excluding hydrogens is 399 g/mol. The monoisotopic (exact) mass is 426 g/mol. The van der Waals surface area contributed by atoms with Crippen LogP contribution in [0.5, 0.6) is 0 Å². The van der Waals surface area contributed by atoms with Crippen molar-refractivity contribution in [2.24, 2.45) is 0 Å². The topological polar surface area (TPSA) is 57.7 Å². The maximum absolute atomic E-state index is 12.9. The molecule has 26 heavy (non-hydrogen) atoms. The minimum atomic E-state index is -0.617. The van der Waals surface area contributed by atoms with Crippen molar-refractivity contribution in [3.63, 3.8) is 0 Å². The van der Waals surface area contributed by atoms with E-state index >= 15 is 0 Å². The summed E-state index contributed by atoms with van der Waals surface area (Å²) >= 11 is 0. The van der Waals surface area contributed by atoms with E-state index in [1.807, 2.05) is 29.3 Å². The first-order valence-electron chi connectivity index (χ1n) is 8.41. The van der Waals surface area contributed by atoms with Crippen molar-refractivity contribution < 1.29 is 9.53 Å². The van der Waals surface area contributed by atoms with Crippen molar-refractivity contribution in [1.29, 1.82) is 0 Å². The van der Waals surface area contributed by atoms with Crippen LogP contribution in [0.3, 0.4) is 0 Å². The zero-order valence-electron chi connectivity index (χ0n) is 15.1. The van der Waals surface area contributed by atoms with Gasteiger partial charge >= 0.3 is 0 Å². The molecule has 0 unspecified atom stereocenters. The standard InChI is InChI=1S/C17H26N4O2.3ClH/c1-23-17(5-8-18-9-6-17)16(22)21-12-10-20(11-13-21)14-15-4-2-3-7-19-15;;;/h2-4,7,18H,5-6,8-14H2,1H3;3*1H. The summed E-state index contributed by atoms with van der Waals surface area (Å²) in [4.78, 5) is 21.6. The molecule has 0 aliphatic carbocycles. The molecule has 3 heterocycles. The minimum Gasteiger partial charge on any atom is -0.368 e. The zero-order valence-corrected chi connectivity index (χ0v) is 17.5. The van der Waals surface area contributed by atoms with Gasteiger partial charge in [-0.3, -0.25) is 14.7 Å². The molecule has 0 bridgehead atoms. The molecule has 6 nitrogen and oxygen atoms in total. The summed E-state index contributed by atoms with van der Waals surface area (Å²) in [5.74, 6) is 0.166. The lowest BCUT2D eigenvalue weighted by Crippen LogP contribution is -2.59. The molecule has 0 saturated carbocycles. The largest absolute Gasteiger partial charge is 0.368 e. The number of aromatic nitrogens is 1. The van der Waals surface area contributed by atoms with Crippen LogP contribution >= 0.6 is 37.2 Å². The second-order valence-corrected chi connectivity index (χ2v) is 6.34. The van der Waals surface area contributed by atoms with Gasteiger partial charge in [-0.15, -0.1) is 37.2 Å². The minimum absolute atomic E-state index is 0. The number of rotatable bonds is 4. The average molecular weight is 428 g/mol. The number of carbonyl (C=O) groups is 1. The van der Waals surface area contributed by atoms with Gasteiger partial charge in [-0.2, -0.15) is 0 Å². The molecule has 3 rings (SSSR count). The molecule has 1 amide bonds. The second-order valence-electron chi connectivity index (χ2n) is 6.34. The van der Waals surface area contributed by atoms with E-state index in [1.165, 1.54) is 0 Å². The number of methoxy groups -OCH3 is 1. The van der Waals surface area contributed by atoms with Crippen LogP contribution in [0, 0.1) is 0 Å². The van der Waals surface area contributed by atoms with Gasteiger partial charge < -0.3 is 15.0 Å². The lowest BCUT2D eigenvalue weighted by atomic mass is 9.90. The van der Waals surface area contributed by atoms with E-state index < -0.39 is 5.60 Å². The fraction of sp³-hybridized carbons (Fsp3) is 0.647. The van der Waals surface area contributed by atoms with Crippen LogP contribution in [0.15, 0.2) is 24.4 Å². The third-order valence-corrected chi connectivity index (χ3v) is 4.96. The smallest absolute Gasteiger partial charge is 0.254 e. The molecule has 1 aromatic rings. The van der Waals surface area contributed by atoms with Gasteiger partial charge in [0.25, 0.3) is 5.91 Å². The highest BCUT2D eigenvalue weighted by Crippen LogP contribution is 2.25. The molecule has 1 N–H and O–H groups in total. The van der Waals surface area contributed by atoms with Crippen molar-refractivity contribution >= 4 is 43.1 Å². The summed E-state index contributed by atoms with van der Waals surface area (Å²) in [6.45, 7) is 5.86. The molecule has 0 aromatic carbocycles. The third-order valence-electron chi connectivity index (χ3n) is 4.96. The fourth-order valence-corrected chi connectivity index (χ4v) is 3.45. The Labute approximate surface area is 174 Å². The first kappa shape index (κ1) is 25.4. The van der Waals surface area contributed by atoms with Crippen molar-refractivity contribution in [3.8, 4) is 0 Å². The van der Waals surface area contributed by atoms with Gasteiger partial charge in [0.1, 0.15) is 5.60 Å². The predicted molar refractivity (Wildman–Crippen MR) is 110 cm³/mol. The van der Waals surface area contributed by atoms with Crippen LogP contribution in [0.1, 0.15) is 18.5 Å². The number of piperazine rings is 1. The number of hydrogen-bond acceptors (Lipinski definition) is 5. The number of ether oxygens (including phenoxy) is 1. The SMILES string of the molecule is COC1(C(=O)N2CCN(Cc3ccccn3)CC2)CCNCC1.Cl.Cl.Cl. The van der Waals surface area contributed by atoms with E-state index in [0.717, 1.165) is 64.3 Å². The molecular formula is C17H29Cl3N4O2. The van der Waals surface area contributed by atoms with Crippen LogP contribution in [-0.4, -0.2) is 72.7 Å². The van der Waals surface area contributed by atoms with Crippen LogP contribution < -0.4 is 5.32 Å². The fourth-order valence-electron chi connectivity index (χ4n) is 3.45. The number of nitrogens with one attached hydrogen (secondary N) is 1. The van der Waals surface area contributed by atoms with Gasteiger partial charge in [0, 0.05) is 46.0 Å². The average Bonchev–Trinajstić information content (AvgIpc) is 2.63. The summed E-state index contributed by atoms with van der Waals surface area (Å²) in [6.07, 6.45) is 3.35. The number of carbonyl (C=O) groups excluding carboxylic acids is 1. The zero-order chi connectivity index (χ0) is 16.1. The van der Waals surface area contributed by atoms with Crippen LogP contribution in [0.25, 0.3) is 0 Å². The maximum Gasteiger partial charge on any atom is 0.254 e. The van der Waals surface area contributed by atoms with Gasteiger partial charge in [0.05, 0.1) is 5.69 Å². The van der Waals surface area contributed by atoms with Crippen molar-refractivity contribution in [2.75, 3.05) is 46.4 Å². The lowest BCUT2D eigenvalue weighted by molar-refractivity contribution is -0.160. The number of nitrogens with zero attached hydrogens (tertiary/aromatic N) is 3. The molecule has 150 valence electrons. The number of pyridine rings is 1. The van der Waals surface area contributed by atoms with Crippen LogP contribution in [-0.2, 0) is 16.1 Å². The van der Waals surface area contributed by atoms with E-state index in [-0.39, 0.29) is 43.1 Å². The summed E-state index contributed by atoms with van der Waals surface area (Å²) in [6, 6.07) is 6.00. The Kier molecular flexibility index (Phi) is 11.7. The molecule has 0 spiro atoms. The number of amides is 1. The number of halogens is 3. The molecule has 0 atom stereocenters. The molecule has 2 fully saturated rings. The summed E-state index contributed by atoms with van der Waals surface area (Å²) in [7, 11) is 1.67. The molecule has 9 heteroatoms.